The number of aliphatic carboxylic acids is 1. The van der Waals surface area contributed by atoms with E-state index >= 15 is 0 Å². The van der Waals surface area contributed by atoms with Crippen LogP contribution in [0.25, 0.3) is 0 Å². The SMILES string of the molecule is COc1c(C)c2c(c(N)c1C/C=C1\CCOC[C@H]1CC(=O)O)C(=O)OC2. The predicted octanol–water partition coefficient (Wildman–Crippen LogP) is 2.24. The maximum absolute atomic E-state index is 12.0. The number of rotatable bonds is 5. The maximum Gasteiger partial charge on any atom is 0.341 e. The lowest BCUT2D eigenvalue weighted by Gasteiger charge is -2.25. The van der Waals surface area contributed by atoms with Crippen molar-refractivity contribution in [3.63, 3.8) is 0 Å². The smallest absolute Gasteiger partial charge is 0.341 e. The highest BCUT2D eigenvalue weighted by atomic mass is 16.5. The van der Waals surface area contributed by atoms with Crippen LogP contribution in [0.5, 0.6) is 5.75 Å². The second-order valence-corrected chi connectivity index (χ2v) is 6.58. The molecule has 0 saturated carbocycles. The Labute approximate surface area is 151 Å². The van der Waals surface area contributed by atoms with Gasteiger partial charge in [0.2, 0.25) is 0 Å². The number of allylic oxidation sites excluding steroid dienone is 1. The second kappa shape index (κ2) is 7.37. The molecule has 7 heteroatoms. The van der Waals surface area contributed by atoms with E-state index in [0.717, 1.165) is 22.3 Å². The van der Waals surface area contributed by atoms with E-state index in [2.05, 4.69) is 0 Å². The van der Waals surface area contributed by atoms with Crippen LogP contribution in [-0.2, 0) is 27.3 Å². The Kier molecular flexibility index (Phi) is 5.18. The van der Waals surface area contributed by atoms with Gasteiger partial charge in [-0.05, 0) is 25.3 Å². The van der Waals surface area contributed by atoms with Crippen LogP contribution >= 0.6 is 0 Å². The van der Waals surface area contributed by atoms with Crippen molar-refractivity contribution in [3.8, 4) is 5.75 Å². The van der Waals surface area contributed by atoms with Crippen LogP contribution < -0.4 is 10.5 Å². The number of hydrogen-bond donors (Lipinski definition) is 2. The molecule has 0 spiro atoms. The number of nitrogens with two attached hydrogens (primary N) is 1. The zero-order valence-corrected chi connectivity index (χ0v) is 15.0. The molecular formula is C19H23NO6. The van der Waals surface area contributed by atoms with Gasteiger partial charge in [-0.1, -0.05) is 11.6 Å². The molecule has 2 aliphatic rings. The van der Waals surface area contributed by atoms with E-state index in [4.69, 9.17) is 25.1 Å². The second-order valence-electron chi connectivity index (χ2n) is 6.58. The molecule has 1 fully saturated rings. The molecule has 0 radical (unpaired) electrons. The van der Waals surface area contributed by atoms with Crippen LogP contribution in [0.2, 0.25) is 0 Å². The van der Waals surface area contributed by atoms with Crippen LogP contribution in [0.1, 0.15) is 39.9 Å². The van der Waals surface area contributed by atoms with E-state index in [0.29, 0.717) is 43.1 Å². The Morgan fingerprint density at radius 2 is 2.23 bits per heavy atom. The topological polar surface area (TPSA) is 108 Å². The standard InChI is InChI=1S/C19H23NO6/c1-10-14-9-26-19(23)16(14)17(20)13(18(10)24-2)4-3-11-5-6-25-8-12(11)7-15(21)22/h3,12H,4-9,20H2,1-2H3,(H,21,22)/b11-3+/t12-/m1/s1. The van der Waals surface area contributed by atoms with Crippen molar-refractivity contribution in [2.24, 2.45) is 5.92 Å². The van der Waals surface area contributed by atoms with Gasteiger partial charge in [0.1, 0.15) is 12.4 Å². The lowest BCUT2D eigenvalue weighted by molar-refractivity contribution is -0.138. The van der Waals surface area contributed by atoms with Crippen LogP contribution in [0.4, 0.5) is 5.69 Å². The fourth-order valence-corrected chi connectivity index (χ4v) is 3.72. The van der Waals surface area contributed by atoms with Crippen LogP contribution in [-0.4, -0.2) is 37.4 Å². The number of carboxylic acid groups (broad SMARTS) is 1. The van der Waals surface area contributed by atoms with Gasteiger partial charge in [0.25, 0.3) is 0 Å². The maximum atomic E-state index is 12.0. The minimum Gasteiger partial charge on any atom is -0.496 e. The van der Waals surface area contributed by atoms with E-state index in [1.54, 1.807) is 7.11 Å². The Morgan fingerprint density at radius 1 is 1.46 bits per heavy atom. The number of hydrogen-bond acceptors (Lipinski definition) is 6. The summed E-state index contributed by atoms with van der Waals surface area (Å²) >= 11 is 0. The van der Waals surface area contributed by atoms with E-state index in [9.17, 15) is 9.59 Å². The number of carbonyl (C=O) groups is 2. The van der Waals surface area contributed by atoms with Crippen molar-refractivity contribution in [2.45, 2.75) is 32.8 Å². The molecule has 0 amide bonds. The number of esters is 1. The molecule has 1 saturated heterocycles. The molecule has 3 rings (SSSR count). The lowest BCUT2D eigenvalue weighted by atomic mass is 9.89. The van der Waals surface area contributed by atoms with Gasteiger partial charge in [0.15, 0.2) is 0 Å². The van der Waals surface area contributed by atoms with Gasteiger partial charge in [0, 0.05) is 17.0 Å². The average Bonchev–Trinajstić information content (AvgIpc) is 2.99. The highest BCUT2D eigenvalue weighted by Crippen LogP contribution is 2.40. The highest BCUT2D eigenvalue weighted by Gasteiger charge is 2.31. The zero-order valence-electron chi connectivity index (χ0n) is 15.0. The minimum atomic E-state index is -0.848. The molecule has 0 aromatic heterocycles. The van der Waals surface area contributed by atoms with Gasteiger partial charge in [0.05, 0.1) is 38.0 Å². The third kappa shape index (κ3) is 3.26. The van der Waals surface area contributed by atoms with E-state index in [1.807, 2.05) is 13.0 Å². The molecule has 140 valence electrons. The fraction of sp³-hybridized carbons (Fsp3) is 0.474. The van der Waals surface area contributed by atoms with Crippen molar-refractivity contribution in [2.75, 3.05) is 26.1 Å². The molecule has 3 N–H and O–H groups in total. The first kappa shape index (κ1) is 18.3. The highest BCUT2D eigenvalue weighted by molar-refractivity contribution is 6.00. The number of methoxy groups -OCH3 is 1. The van der Waals surface area contributed by atoms with Crippen molar-refractivity contribution < 1.29 is 28.9 Å². The minimum absolute atomic E-state index is 0.0357. The molecule has 1 aromatic rings. The van der Waals surface area contributed by atoms with Crippen LogP contribution in [0.3, 0.4) is 0 Å². The number of nitrogen functional groups attached to an aromatic ring is 1. The van der Waals surface area contributed by atoms with Crippen LogP contribution in [0, 0.1) is 12.8 Å². The molecule has 1 aromatic carbocycles. The third-order valence-electron chi connectivity index (χ3n) is 5.09. The molecule has 0 unspecified atom stereocenters. The Balaban J connectivity index is 1.96. The molecule has 7 nitrogen and oxygen atoms in total. The summed E-state index contributed by atoms with van der Waals surface area (Å²) in [5.41, 5.74) is 10.5. The molecule has 26 heavy (non-hydrogen) atoms. The van der Waals surface area contributed by atoms with E-state index in [-0.39, 0.29) is 18.9 Å². The number of carbonyl (C=O) groups excluding carboxylic acids is 1. The molecule has 2 heterocycles. The van der Waals surface area contributed by atoms with Gasteiger partial charge in [-0.3, -0.25) is 4.79 Å². The monoisotopic (exact) mass is 361 g/mol. The Hall–Kier alpha value is -2.54. The lowest BCUT2D eigenvalue weighted by Crippen LogP contribution is -2.23. The summed E-state index contributed by atoms with van der Waals surface area (Å²) in [6.45, 7) is 3.07. The van der Waals surface area contributed by atoms with Crippen molar-refractivity contribution >= 4 is 17.6 Å². The van der Waals surface area contributed by atoms with Crippen molar-refractivity contribution in [3.05, 3.63) is 33.9 Å². The van der Waals surface area contributed by atoms with E-state index in [1.165, 1.54) is 0 Å². The summed E-state index contributed by atoms with van der Waals surface area (Å²) in [4.78, 5) is 23.1. The zero-order chi connectivity index (χ0) is 18.8. The summed E-state index contributed by atoms with van der Waals surface area (Å²) < 4.78 is 16.1. The van der Waals surface area contributed by atoms with E-state index < -0.39 is 11.9 Å². The molecule has 1 atom stereocenters. The van der Waals surface area contributed by atoms with Crippen molar-refractivity contribution in [1.29, 1.82) is 0 Å². The third-order valence-corrected chi connectivity index (χ3v) is 5.09. The van der Waals surface area contributed by atoms with Crippen LogP contribution in [0.15, 0.2) is 11.6 Å². The molecule has 0 aliphatic carbocycles. The summed E-state index contributed by atoms with van der Waals surface area (Å²) in [7, 11) is 1.57. The first-order valence-electron chi connectivity index (χ1n) is 8.57. The number of carboxylic acids is 1. The first-order valence-corrected chi connectivity index (χ1v) is 8.57. The quantitative estimate of drug-likeness (QED) is 0.470. The van der Waals surface area contributed by atoms with Gasteiger partial charge in [-0.15, -0.1) is 0 Å². The first-order chi connectivity index (χ1) is 12.4. The molecule has 0 bridgehead atoms. The summed E-state index contributed by atoms with van der Waals surface area (Å²) in [5, 5.41) is 9.09. The van der Waals surface area contributed by atoms with Crippen molar-refractivity contribution in [1.82, 2.24) is 0 Å². The number of benzene rings is 1. The largest absolute Gasteiger partial charge is 0.496 e. The van der Waals surface area contributed by atoms with Gasteiger partial charge in [-0.25, -0.2) is 4.79 Å². The van der Waals surface area contributed by atoms with Gasteiger partial charge < -0.3 is 25.1 Å². The normalized spacial score (nSPS) is 20.8. The summed E-state index contributed by atoms with van der Waals surface area (Å²) in [6.07, 6.45) is 3.18. The number of cyclic esters (lactones) is 1. The summed E-state index contributed by atoms with van der Waals surface area (Å²) in [6, 6.07) is 0. The fourth-order valence-electron chi connectivity index (χ4n) is 3.72. The van der Waals surface area contributed by atoms with Gasteiger partial charge in [-0.2, -0.15) is 0 Å². The Bertz CT molecular complexity index is 783. The number of ether oxygens (including phenoxy) is 3. The average molecular weight is 361 g/mol. The van der Waals surface area contributed by atoms with Gasteiger partial charge >= 0.3 is 11.9 Å². The predicted molar refractivity (Wildman–Crippen MR) is 94.2 cm³/mol. The number of anilines is 1. The Morgan fingerprint density at radius 3 is 2.92 bits per heavy atom. The molecular weight excluding hydrogens is 338 g/mol. The summed E-state index contributed by atoms with van der Waals surface area (Å²) in [5.74, 6) is -0.751. The molecule has 2 aliphatic heterocycles. The number of fused-ring (bicyclic) bond motifs is 1.